The van der Waals surface area contributed by atoms with Crippen LogP contribution in [0.15, 0.2) is 0 Å². The highest BCUT2D eigenvalue weighted by atomic mass is 16.5. The van der Waals surface area contributed by atoms with Gasteiger partial charge in [0.25, 0.3) is 0 Å². The Morgan fingerprint density at radius 2 is 2.21 bits per heavy atom. The van der Waals surface area contributed by atoms with Gasteiger partial charge in [-0.2, -0.15) is 0 Å². The first-order valence-corrected chi connectivity index (χ1v) is 5.82. The van der Waals surface area contributed by atoms with Crippen LogP contribution < -0.4 is 0 Å². The molecule has 0 heterocycles. The first-order valence-electron chi connectivity index (χ1n) is 5.82. The molecular weight excluding hydrogens is 176 g/mol. The van der Waals surface area contributed by atoms with E-state index < -0.39 is 5.60 Å². The first kappa shape index (κ1) is 12.0. The summed E-state index contributed by atoms with van der Waals surface area (Å²) in [5, 5.41) is 10.6. The van der Waals surface area contributed by atoms with Gasteiger partial charge in [0.15, 0.2) is 0 Å². The molecule has 0 aliphatic heterocycles. The normalized spacial score (nSPS) is 35.6. The molecule has 0 amide bonds. The first-order chi connectivity index (χ1) is 6.61. The van der Waals surface area contributed by atoms with Crippen LogP contribution in [0.5, 0.6) is 0 Å². The molecule has 1 aliphatic carbocycles. The zero-order valence-corrected chi connectivity index (χ0v) is 9.75. The van der Waals surface area contributed by atoms with Gasteiger partial charge in [0, 0.05) is 13.7 Å². The molecule has 84 valence electrons. The van der Waals surface area contributed by atoms with Crippen LogP contribution in [-0.2, 0) is 4.74 Å². The van der Waals surface area contributed by atoms with E-state index in [4.69, 9.17) is 4.74 Å². The summed E-state index contributed by atoms with van der Waals surface area (Å²) < 4.78 is 5.07. The molecule has 0 aromatic carbocycles. The minimum absolute atomic E-state index is 0.359. The number of hydrogen-bond donors (Lipinski definition) is 1. The van der Waals surface area contributed by atoms with E-state index >= 15 is 0 Å². The van der Waals surface area contributed by atoms with Gasteiger partial charge < -0.3 is 9.84 Å². The zero-order chi connectivity index (χ0) is 10.6. The lowest BCUT2D eigenvalue weighted by atomic mass is 9.69. The van der Waals surface area contributed by atoms with Crippen molar-refractivity contribution in [2.24, 2.45) is 11.8 Å². The third-order valence-electron chi connectivity index (χ3n) is 3.93. The highest BCUT2D eigenvalue weighted by Crippen LogP contribution is 2.40. The molecule has 0 saturated heterocycles. The maximum atomic E-state index is 10.6. The highest BCUT2D eigenvalue weighted by molar-refractivity contribution is 4.91. The van der Waals surface area contributed by atoms with Crippen LogP contribution >= 0.6 is 0 Å². The van der Waals surface area contributed by atoms with Crippen molar-refractivity contribution in [1.29, 1.82) is 0 Å². The summed E-state index contributed by atoms with van der Waals surface area (Å²) >= 11 is 0. The van der Waals surface area contributed by atoms with E-state index in [1.807, 2.05) is 0 Å². The average Bonchev–Trinajstić information content (AvgIpc) is 2.19. The SMILES string of the molecule is COCCC(C)C1(O)CCCCC1C. The van der Waals surface area contributed by atoms with E-state index in [2.05, 4.69) is 13.8 Å². The summed E-state index contributed by atoms with van der Waals surface area (Å²) in [6, 6.07) is 0. The predicted octanol–water partition coefficient (Wildman–Crippen LogP) is 2.60. The van der Waals surface area contributed by atoms with Crippen LogP contribution in [0.25, 0.3) is 0 Å². The molecular formula is C12H24O2. The number of aliphatic hydroxyl groups is 1. The summed E-state index contributed by atoms with van der Waals surface area (Å²) in [5.41, 5.74) is -0.434. The molecule has 1 N–H and O–H groups in total. The van der Waals surface area contributed by atoms with Gasteiger partial charge >= 0.3 is 0 Å². The zero-order valence-electron chi connectivity index (χ0n) is 9.75. The lowest BCUT2D eigenvalue weighted by Gasteiger charge is -2.42. The van der Waals surface area contributed by atoms with Crippen LogP contribution in [0.1, 0.15) is 46.0 Å². The highest BCUT2D eigenvalue weighted by Gasteiger charge is 2.40. The predicted molar refractivity (Wildman–Crippen MR) is 58.2 cm³/mol. The second-order valence-electron chi connectivity index (χ2n) is 4.82. The third-order valence-corrected chi connectivity index (χ3v) is 3.93. The summed E-state index contributed by atoms with van der Waals surface area (Å²) in [4.78, 5) is 0. The summed E-state index contributed by atoms with van der Waals surface area (Å²) in [5.74, 6) is 0.806. The van der Waals surface area contributed by atoms with E-state index in [-0.39, 0.29) is 0 Å². The molecule has 0 bridgehead atoms. The van der Waals surface area contributed by atoms with Gasteiger partial charge in [0.2, 0.25) is 0 Å². The molecule has 2 heteroatoms. The summed E-state index contributed by atoms with van der Waals surface area (Å²) in [6.45, 7) is 5.10. The van der Waals surface area contributed by atoms with Gasteiger partial charge in [0.05, 0.1) is 5.60 Å². The van der Waals surface area contributed by atoms with Gasteiger partial charge in [-0.1, -0.05) is 26.7 Å². The fourth-order valence-corrected chi connectivity index (χ4v) is 2.63. The van der Waals surface area contributed by atoms with Gasteiger partial charge in [-0.25, -0.2) is 0 Å². The van der Waals surface area contributed by atoms with Crippen molar-refractivity contribution in [3.8, 4) is 0 Å². The maximum Gasteiger partial charge on any atom is 0.0699 e. The number of ether oxygens (including phenoxy) is 1. The Kier molecular flexibility index (Phi) is 4.39. The molecule has 2 nitrogen and oxygen atoms in total. The molecule has 0 spiro atoms. The van der Waals surface area contributed by atoms with E-state index in [0.717, 1.165) is 19.4 Å². The van der Waals surface area contributed by atoms with Crippen LogP contribution in [-0.4, -0.2) is 24.4 Å². The van der Waals surface area contributed by atoms with Gasteiger partial charge in [-0.15, -0.1) is 0 Å². The standard InChI is InChI=1S/C12H24O2/c1-10-6-4-5-8-12(10,13)11(2)7-9-14-3/h10-11,13H,4-9H2,1-3H3. The molecule has 0 radical (unpaired) electrons. The molecule has 1 fully saturated rings. The second kappa shape index (κ2) is 5.13. The molecule has 3 atom stereocenters. The van der Waals surface area contributed by atoms with Crippen molar-refractivity contribution < 1.29 is 9.84 Å². The lowest BCUT2D eigenvalue weighted by molar-refractivity contribution is -0.0897. The van der Waals surface area contributed by atoms with E-state index in [0.29, 0.717) is 11.8 Å². The lowest BCUT2D eigenvalue weighted by Crippen LogP contribution is -2.45. The van der Waals surface area contributed by atoms with Crippen molar-refractivity contribution in [3.63, 3.8) is 0 Å². The molecule has 3 unspecified atom stereocenters. The molecule has 0 aromatic heterocycles. The van der Waals surface area contributed by atoms with E-state index in [1.165, 1.54) is 19.3 Å². The largest absolute Gasteiger partial charge is 0.389 e. The topological polar surface area (TPSA) is 29.5 Å². The van der Waals surface area contributed by atoms with Crippen molar-refractivity contribution in [2.75, 3.05) is 13.7 Å². The minimum Gasteiger partial charge on any atom is -0.389 e. The van der Waals surface area contributed by atoms with Crippen LogP contribution in [0.3, 0.4) is 0 Å². The Hall–Kier alpha value is -0.0800. The quantitative estimate of drug-likeness (QED) is 0.756. The van der Waals surface area contributed by atoms with Crippen molar-refractivity contribution >= 4 is 0 Å². The van der Waals surface area contributed by atoms with Crippen LogP contribution in [0.2, 0.25) is 0 Å². The van der Waals surface area contributed by atoms with Crippen molar-refractivity contribution in [3.05, 3.63) is 0 Å². The van der Waals surface area contributed by atoms with Crippen LogP contribution in [0.4, 0.5) is 0 Å². The fraction of sp³-hybridized carbons (Fsp3) is 1.00. The number of hydrogen-bond acceptors (Lipinski definition) is 2. The van der Waals surface area contributed by atoms with Gasteiger partial charge in [-0.05, 0) is 31.1 Å². The monoisotopic (exact) mass is 200 g/mol. The van der Waals surface area contributed by atoms with Crippen molar-refractivity contribution in [2.45, 2.75) is 51.6 Å². The maximum absolute atomic E-state index is 10.6. The van der Waals surface area contributed by atoms with E-state index in [1.54, 1.807) is 7.11 Å². The Labute approximate surface area is 87.7 Å². The molecule has 1 rings (SSSR count). The Morgan fingerprint density at radius 1 is 1.50 bits per heavy atom. The fourth-order valence-electron chi connectivity index (χ4n) is 2.63. The van der Waals surface area contributed by atoms with Gasteiger partial charge in [0.1, 0.15) is 0 Å². The second-order valence-corrected chi connectivity index (χ2v) is 4.82. The third kappa shape index (κ3) is 2.48. The molecule has 1 saturated carbocycles. The number of methoxy groups -OCH3 is 1. The summed E-state index contributed by atoms with van der Waals surface area (Å²) in [7, 11) is 1.72. The number of rotatable bonds is 4. The molecule has 0 aromatic rings. The summed E-state index contributed by atoms with van der Waals surface area (Å²) in [6.07, 6.45) is 5.57. The average molecular weight is 200 g/mol. The molecule has 1 aliphatic rings. The Balaban J connectivity index is 2.52. The van der Waals surface area contributed by atoms with Crippen LogP contribution in [0, 0.1) is 11.8 Å². The van der Waals surface area contributed by atoms with Gasteiger partial charge in [-0.3, -0.25) is 0 Å². The molecule has 14 heavy (non-hydrogen) atoms. The smallest absolute Gasteiger partial charge is 0.0699 e. The van der Waals surface area contributed by atoms with E-state index in [9.17, 15) is 5.11 Å². The van der Waals surface area contributed by atoms with Crippen molar-refractivity contribution in [1.82, 2.24) is 0 Å². The Bertz CT molecular complexity index is 170. The minimum atomic E-state index is -0.434. The Morgan fingerprint density at radius 3 is 2.79 bits per heavy atom.